The fraction of sp³-hybridized carbons (Fsp3) is 0.0769. The van der Waals surface area contributed by atoms with Crippen molar-refractivity contribution >= 4 is 18.4 Å². The van der Waals surface area contributed by atoms with E-state index in [4.69, 9.17) is 0 Å². The number of aryl methyl sites for hydroxylation is 1. The number of fused-ring (bicyclic) bond motifs is 3. The number of hydrogen-bond donors (Lipinski definition) is 0. The molecule has 0 bridgehead atoms. The van der Waals surface area contributed by atoms with E-state index in [9.17, 15) is 4.57 Å². The molecule has 0 spiro atoms. The van der Waals surface area contributed by atoms with Crippen LogP contribution < -0.4 is 10.6 Å². The Bertz CT molecular complexity index is 572. The van der Waals surface area contributed by atoms with Crippen LogP contribution in [-0.2, 0) is 4.57 Å². The second-order valence-corrected chi connectivity index (χ2v) is 5.66. The van der Waals surface area contributed by atoms with Gasteiger partial charge in [-0.25, -0.2) is 0 Å². The van der Waals surface area contributed by atoms with Crippen LogP contribution >= 0.6 is 7.80 Å². The van der Waals surface area contributed by atoms with Crippen LogP contribution in [0.4, 0.5) is 0 Å². The van der Waals surface area contributed by atoms with Crippen molar-refractivity contribution in [2.45, 2.75) is 6.92 Å². The van der Waals surface area contributed by atoms with Crippen LogP contribution in [0.2, 0.25) is 0 Å². The average molecular weight is 214 g/mol. The molecule has 1 atom stereocenters. The molecule has 1 unspecified atom stereocenters. The normalized spacial score (nSPS) is 17.3. The molecule has 1 aliphatic rings. The first-order valence-electron chi connectivity index (χ1n) is 5.02. The summed E-state index contributed by atoms with van der Waals surface area (Å²) in [6.07, 6.45) is 0. The molecule has 1 aliphatic heterocycles. The second kappa shape index (κ2) is 3.08. The van der Waals surface area contributed by atoms with Crippen molar-refractivity contribution < 1.29 is 4.57 Å². The molecule has 0 saturated heterocycles. The topological polar surface area (TPSA) is 17.1 Å². The van der Waals surface area contributed by atoms with Gasteiger partial charge in [0.15, 0.2) is 0 Å². The Morgan fingerprint density at radius 2 is 1.67 bits per heavy atom. The lowest BCUT2D eigenvalue weighted by Gasteiger charge is -1.99. The van der Waals surface area contributed by atoms with Crippen molar-refractivity contribution in [2.24, 2.45) is 0 Å². The van der Waals surface area contributed by atoms with Crippen LogP contribution in [0.5, 0.6) is 0 Å². The minimum atomic E-state index is -1.74. The third-order valence-corrected chi connectivity index (χ3v) is 4.71. The molecular formula is C13H11OP. The summed E-state index contributed by atoms with van der Waals surface area (Å²) in [4.78, 5) is 0. The molecule has 0 aromatic heterocycles. The van der Waals surface area contributed by atoms with E-state index in [2.05, 4.69) is 24.3 Å². The SMILES string of the molecule is Cc1ccc2c(c1)[PH](=O)c1ccccc1-2. The van der Waals surface area contributed by atoms with Crippen LogP contribution in [0.25, 0.3) is 11.1 Å². The summed E-state index contributed by atoms with van der Waals surface area (Å²) in [7, 11) is -1.74. The molecule has 0 fully saturated rings. The molecule has 2 aromatic rings. The third-order valence-electron chi connectivity index (χ3n) is 2.88. The van der Waals surface area contributed by atoms with Crippen molar-refractivity contribution in [3.8, 4) is 11.1 Å². The summed E-state index contributed by atoms with van der Waals surface area (Å²) in [5.74, 6) is 0. The predicted octanol–water partition coefficient (Wildman–Crippen LogP) is 2.49. The number of benzene rings is 2. The summed E-state index contributed by atoms with van der Waals surface area (Å²) in [5.41, 5.74) is 3.48. The fourth-order valence-corrected chi connectivity index (χ4v) is 3.96. The van der Waals surface area contributed by atoms with Gasteiger partial charge < -0.3 is 4.57 Å². The van der Waals surface area contributed by atoms with E-state index in [-0.39, 0.29) is 0 Å². The summed E-state index contributed by atoms with van der Waals surface area (Å²) in [5, 5.41) is 2.05. The van der Waals surface area contributed by atoms with Crippen molar-refractivity contribution in [3.63, 3.8) is 0 Å². The van der Waals surface area contributed by atoms with Crippen LogP contribution in [0.3, 0.4) is 0 Å². The maximum absolute atomic E-state index is 12.2. The summed E-state index contributed by atoms with van der Waals surface area (Å²) in [6.45, 7) is 2.04. The van der Waals surface area contributed by atoms with E-state index in [0.29, 0.717) is 0 Å². The Morgan fingerprint density at radius 1 is 0.933 bits per heavy atom. The lowest BCUT2D eigenvalue weighted by molar-refractivity contribution is 0.598. The van der Waals surface area contributed by atoms with Gasteiger partial charge in [0.25, 0.3) is 0 Å². The minimum absolute atomic E-state index is 1.02. The van der Waals surface area contributed by atoms with Gasteiger partial charge in [-0.15, -0.1) is 0 Å². The molecule has 0 aliphatic carbocycles. The van der Waals surface area contributed by atoms with E-state index < -0.39 is 7.80 Å². The molecule has 74 valence electrons. The molecule has 2 aromatic carbocycles. The first-order chi connectivity index (χ1) is 7.27. The maximum atomic E-state index is 12.2. The van der Waals surface area contributed by atoms with Crippen molar-refractivity contribution in [2.75, 3.05) is 0 Å². The highest BCUT2D eigenvalue weighted by Crippen LogP contribution is 2.37. The molecule has 1 heterocycles. The Hall–Kier alpha value is -1.33. The van der Waals surface area contributed by atoms with Gasteiger partial charge in [-0.3, -0.25) is 0 Å². The molecular weight excluding hydrogens is 203 g/mol. The van der Waals surface area contributed by atoms with E-state index >= 15 is 0 Å². The average Bonchev–Trinajstić information content (AvgIpc) is 2.54. The monoisotopic (exact) mass is 214 g/mol. The molecule has 0 N–H and O–H groups in total. The molecule has 1 nitrogen and oxygen atoms in total. The van der Waals surface area contributed by atoms with Crippen LogP contribution in [0.15, 0.2) is 42.5 Å². The van der Waals surface area contributed by atoms with Crippen LogP contribution in [-0.4, -0.2) is 0 Å². The molecule has 3 rings (SSSR count). The maximum Gasteiger partial charge on any atom is 0.133 e. The Morgan fingerprint density at radius 3 is 2.53 bits per heavy atom. The smallest absolute Gasteiger partial charge is 0.133 e. The van der Waals surface area contributed by atoms with Crippen molar-refractivity contribution in [1.82, 2.24) is 0 Å². The lowest BCUT2D eigenvalue weighted by atomic mass is 10.0. The zero-order valence-corrected chi connectivity index (χ0v) is 9.45. The van der Waals surface area contributed by atoms with Gasteiger partial charge >= 0.3 is 0 Å². The highest BCUT2D eigenvalue weighted by atomic mass is 31.1. The fourth-order valence-electron chi connectivity index (χ4n) is 2.14. The predicted molar refractivity (Wildman–Crippen MR) is 64.9 cm³/mol. The first-order valence-corrected chi connectivity index (χ1v) is 6.43. The number of hydrogen-bond acceptors (Lipinski definition) is 1. The first kappa shape index (κ1) is 8.94. The Balaban J connectivity index is 2.38. The second-order valence-electron chi connectivity index (χ2n) is 3.92. The van der Waals surface area contributed by atoms with Crippen LogP contribution in [0, 0.1) is 6.92 Å². The van der Waals surface area contributed by atoms with E-state index in [1.165, 1.54) is 5.56 Å². The zero-order chi connectivity index (χ0) is 10.4. The Kier molecular flexibility index (Phi) is 1.83. The van der Waals surface area contributed by atoms with Gasteiger partial charge in [-0.1, -0.05) is 42.0 Å². The van der Waals surface area contributed by atoms with Gasteiger partial charge in [0.05, 0.1) is 0 Å². The molecule has 0 amide bonds. The van der Waals surface area contributed by atoms with E-state index in [1.807, 2.05) is 25.1 Å². The summed E-state index contributed by atoms with van der Waals surface area (Å²) < 4.78 is 12.2. The quantitative estimate of drug-likeness (QED) is 0.525. The van der Waals surface area contributed by atoms with Gasteiger partial charge in [-0.05, 0) is 24.1 Å². The summed E-state index contributed by atoms with van der Waals surface area (Å²) >= 11 is 0. The third kappa shape index (κ3) is 1.20. The van der Waals surface area contributed by atoms with Crippen molar-refractivity contribution in [3.05, 3.63) is 48.0 Å². The Labute approximate surface area is 89.6 Å². The largest absolute Gasteiger partial charge is 0.317 e. The zero-order valence-electron chi connectivity index (χ0n) is 8.45. The highest BCUT2D eigenvalue weighted by molar-refractivity contribution is 7.63. The van der Waals surface area contributed by atoms with Crippen molar-refractivity contribution in [1.29, 1.82) is 0 Å². The van der Waals surface area contributed by atoms with Gasteiger partial charge in [0, 0.05) is 10.6 Å². The van der Waals surface area contributed by atoms with Gasteiger partial charge in [0.1, 0.15) is 7.80 Å². The minimum Gasteiger partial charge on any atom is -0.317 e. The lowest BCUT2D eigenvalue weighted by Crippen LogP contribution is -1.98. The number of rotatable bonds is 0. The molecule has 2 heteroatoms. The van der Waals surface area contributed by atoms with E-state index in [1.54, 1.807) is 0 Å². The van der Waals surface area contributed by atoms with Gasteiger partial charge in [-0.2, -0.15) is 0 Å². The molecule has 0 radical (unpaired) electrons. The molecule has 15 heavy (non-hydrogen) atoms. The highest BCUT2D eigenvalue weighted by Gasteiger charge is 2.23. The molecule has 0 saturated carbocycles. The van der Waals surface area contributed by atoms with E-state index in [0.717, 1.165) is 21.7 Å². The standard InChI is InChI=1S/C13H11OP/c1-9-6-7-11-10-4-2-3-5-12(10)15(14)13(11)8-9/h2-8,15H,1H3. The van der Waals surface area contributed by atoms with Gasteiger partial charge in [0.2, 0.25) is 0 Å². The van der Waals surface area contributed by atoms with Crippen LogP contribution in [0.1, 0.15) is 5.56 Å². The summed E-state index contributed by atoms with van der Waals surface area (Å²) in [6, 6.07) is 14.2.